The Morgan fingerprint density at radius 3 is 2.58 bits per heavy atom. The highest BCUT2D eigenvalue weighted by Crippen LogP contribution is 2.24. The van der Waals surface area contributed by atoms with Crippen molar-refractivity contribution in [2.75, 3.05) is 13.1 Å². The molecule has 132 valence electrons. The summed E-state index contributed by atoms with van der Waals surface area (Å²) >= 11 is 0. The van der Waals surface area contributed by atoms with Gasteiger partial charge < -0.3 is 4.90 Å². The van der Waals surface area contributed by atoms with Gasteiger partial charge in [0.15, 0.2) is 0 Å². The molecule has 4 rings (SSSR count). The number of aromatic nitrogens is 3. The monoisotopic (exact) mass is 350 g/mol. The number of amides is 1. The van der Waals surface area contributed by atoms with E-state index >= 15 is 0 Å². The third kappa shape index (κ3) is 3.35. The third-order valence-electron chi connectivity index (χ3n) is 4.73. The normalized spacial score (nSPS) is 14.3. The van der Waals surface area contributed by atoms with Gasteiger partial charge in [-0.3, -0.25) is 4.79 Å². The molecule has 1 fully saturated rings. The quantitative estimate of drug-likeness (QED) is 0.710. The van der Waals surface area contributed by atoms with Crippen molar-refractivity contribution >= 4 is 5.91 Å². The van der Waals surface area contributed by atoms with Gasteiger partial charge in [-0.1, -0.05) is 53.7 Å². The maximum absolute atomic E-state index is 13.6. The molecule has 0 bridgehead atoms. The van der Waals surface area contributed by atoms with E-state index in [0.29, 0.717) is 31.5 Å². The van der Waals surface area contributed by atoms with E-state index in [1.165, 1.54) is 6.07 Å². The van der Waals surface area contributed by atoms with Crippen LogP contribution in [0.3, 0.4) is 0 Å². The Kier molecular flexibility index (Phi) is 4.48. The van der Waals surface area contributed by atoms with Crippen LogP contribution >= 0.6 is 0 Å². The summed E-state index contributed by atoms with van der Waals surface area (Å²) in [7, 11) is 0. The van der Waals surface area contributed by atoms with E-state index in [4.69, 9.17) is 0 Å². The number of carbonyl (C=O) groups excluding carboxylic acids is 1. The van der Waals surface area contributed by atoms with Crippen LogP contribution in [0.1, 0.15) is 18.0 Å². The lowest BCUT2D eigenvalue weighted by molar-refractivity contribution is -0.137. The second-order valence-electron chi connectivity index (χ2n) is 6.49. The highest BCUT2D eigenvalue weighted by Gasteiger charge is 2.32. The number of hydrogen-bond acceptors (Lipinski definition) is 3. The average molecular weight is 350 g/mol. The first kappa shape index (κ1) is 16.4. The van der Waals surface area contributed by atoms with E-state index in [1.54, 1.807) is 23.1 Å². The first-order valence-corrected chi connectivity index (χ1v) is 8.69. The molecular weight excluding hydrogens is 331 g/mol. The summed E-state index contributed by atoms with van der Waals surface area (Å²) < 4.78 is 15.4. The molecule has 5 nitrogen and oxygen atoms in total. The largest absolute Gasteiger partial charge is 0.338 e. The zero-order valence-electron chi connectivity index (χ0n) is 14.3. The Morgan fingerprint density at radius 1 is 1.08 bits per heavy atom. The van der Waals surface area contributed by atoms with Gasteiger partial charge in [0.25, 0.3) is 0 Å². The van der Waals surface area contributed by atoms with Crippen molar-refractivity contribution in [3.05, 3.63) is 72.2 Å². The van der Waals surface area contributed by atoms with Crippen molar-refractivity contribution in [3.63, 3.8) is 0 Å². The lowest BCUT2D eigenvalue weighted by Crippen LogP contribution is -2.51. The molecule has 2 heterocycles. The smallest absolute Gasteiger partial charge is 0.223 e. The van der Waals surface area contributed by atoms with Crippen LogP contribution in [0.4, 0.5) is 4.39 Å². The van der Waals surface area contributed by atoms with Crippen molar-refractivity contribution in [1.82, 2.24) is 19.9 Å². The highest BCUT2D eigenvalue weighted by molar-refractivity contribution is 5.77. The number of hydrogen-bond donors (Lipinski definition) is 0. The molecular formula is C20H19FN4O. The van der Waals surface area contributed by atoms with Crippen molar-refractivity contribution in [1.29, 1.82) is 0 Å². The van der Waals surface area contributed by atoms with Crippen molar-refractivity contribution < 1.29 is 9.18 Å². The molecule has 0 radical (unpaired) electrons. The molecule has 3 aromatic rings. The molecule has 6 heteroatoms. The molecule has 26 heavy (non-hydrogen) atoms. The first-order chi connectivity index (χ1) is 12.7. The Morgan fingerprint density at radius 2 is 1.81 bits per heavy atom. The number of carbonyl (C=O) groups is 1. The fourth-order valence-electron chi connectivity index (χ4n) is 3.12. The van der Waals surface area contributed by atoms with Crippen molar-refractivity contribution in [2.45, 2.75) is 18.9 Å². The number of rotatable bonds is 5. The Labute approximate surface area is 151 Å². The lowest BCUT2D eigenvalue weighted by Gasteiger charge is -2.39. The molecule has 0 aliphatic carbocycles. The average Bonchev–Trinajstić information content (AvgIpc) is 3.10. The third-order valence-corrected chi connectivity index (χ3v) is 4.73. The molecule has 0 atom stereocenters. The minimum absolute atomic E-state index is 0.0490. The van der Waals surface area contributed by atoms with Crippen molar-refractivity contribution in [3.8, 4) is 11.3 Å². The maximum Gasteiger partial charge on any atom is 0.223 e. The van der Waals surface area contributed by atoms with Gasteiger partial charge in [0.2, 0.25) is 5.91 Å². The standard InChI is InChI=1S/C20H19FN4O/c21-18-9-5-4-6-15(18)10-11-20(26)24-12-17(13-24)25-14-19(22-23-25)16-7-2-1-3-8-16/h1-9,14,17H,10-13H2. The lowest BCUT2D eigenvalue weighted by atomic mass is 10.1. The second-order valence-corrected chi connectivity index (χ2v) is 6.49. The first-order valence-electron chi connectivity index (χ1n) is 8.69. The summed E-state index contributed by atoms with van der Waals surface area (Å²) in [4.78, 5) is 14.1. The van der Waals surface area contributed by atoms with Gasteiger partial charge in [-0.05, 0) is 18.1 Å². The fraction of sp³-hybridized carbons (Fsp3) is 0.250. The highest BCUT2D eigenvalue weighted by atomic mass is 19.1. The number of likely N-dealkylation sites (tertiary alicyclic amines) is 1. The Hall–Kier alpha value is -3.02. The topological polar surface area (TPSA) is 51.0 Å². The van der Waals surface area contributed by atoms with Crippen LogP contribution in [0, 0.1) is 5.82 Å². The number of halogens is 1. The zero-order valence-corrected chi connectivity index (χ0v) is 14.3. The van der Waals surface area contributed by atoms with Gasteiger partial charge in [0.1, 0.15) is 11.5 Å². The Balaban J connectivity index is 1.31. The SMILES string of the molecule is O=C(CCc1ccccc1F)N1CC(n2cc(-c3ccccc3)nn2)C1. The molecule has 1 aliphatic rings. The minimum atomic E-state index is -0.252. The van der Waals surface area contributed by atoms with E-state index < -0.39 is 0 Å². The molecule has 1 aliphatic heterocycles. The van der Waals surface area contributed by atoms with E-state index in [1.807, 2.05) is 41.2 Å². The van der Waals surface area contributed by atoms with E-state index in [0.717, 1.165) is 11.3 Å². The summed E-state index contributed by atoms with van der Waals surface area (Å²) in [5, 5.41) is 8.41. The van der Waals surface area contributed by atoms with Crippen LogP contribution in [-0.2, 0) is 11.2 Å². The van der Waals surface area contributed by atoms with Crippen LogP contribution in [0.15, 0.2) is 60.8 Å². The summed E-state index contributed by atoms with van der Waals surface area (Å²) in [6.45, 7) is 1.24. The van der Waals surface area contributed by atoms with Crippen LogP contribution < -0.4 is 0 Å². The van der Waals surface area contributed by atoms with Gasteiger partial charge in [-0.15, -0.1) is 5.10 Å². The molecule has 0 saturated carbocycles. The number of aryl methyl sites for hydroxylation is 1. The molecule has 0 unspecified atom stereocenters. The molecule has 1 amide bonds. The van der Waals surface area contributed by atoms with E-state index in [-0.39, 0.29) is 17.8 Å². The molecule has 2 aromatic carbocycles. The van der Waals surface area contributed by atoms with Gasteiger partial charge >= 0.3 is 0 Å². The predicted molar refractivity (Wildman–Crippen MR) is 95.8 cm³/mol. The molecule has 0 spiro atoms. The second kappa shape index (κ2) is 7.07. The Bertz CT molecular complexity index is 903. The zero-order chi connectivity index (χ0) is 17.9. The fourth-order valence-corrected chi connectivity index (χ4v) is 3.12. The van der Waals surface area contributed by atoms with Crippen molar-refractivity contribution in [2.24, 2.45) is 0 Å². The minimum Gasteiger partial charge on any atom is -0.338 e. The summed E-state index contributed by atoms with van der Waals surface area (Å²) in [6, 6.07) is 16.6. The van der Waals surface area contributed by atoms with Crippen LogP contribution in [0.5, 0.6) is 0 Å². The van der Waals surface area contributed by atoms with Gasteiger partial charge in [-0.25, -0.2) is 9.07 Å². The molecule has 1 saturated heterocycles. The number of nitrogens with zero attached hydrogens (tertiary/aromatic N) is 4. The van der Waals surface area contributed by atoms with E-state index in [2.05, 4.69) is 10.3 Å². The van der Waals surface area contributed by atoms with Crippen LogP contribution in [0.2, 0.25) is 0 Å². The maximum atomic E-state index is 13.6. The predicted octanol–water partition coefficient (Wildman–Crippen LogP) is 3.10. The molecule has 1 aromatic heterocycles. The molecule has 0 N–H and O–H groups in total. The van der Waals surface area contributed by atoms with Crippen LogP contribution in [0.25, 0.3) is 11.3 Å². The summed E-state index contributed by atoms with van der Waals surface area (Å²) in [5.41, 5.74) is 2.44. The van der Waals surface area contributed by atoms with Gasteiger partial charge in [-0.2, -0.15) is 0 Å². The summed E-state index contributed by atoms with van der Waals surface area (Å²) in [6.07, 6.45) is 2.66. The van der Waals surface area contributed by atoms with Gasteiger partial charge in [0, 0.05) is 25.1 Å². The number of benzene rings is 2. The van der Waals surface area contributed by atoms with Crippen LogP contribution in [-0.4, -0.2) is 38.9 Å². The van der Waals surface area contributed by atoms with Gasteiger partial charge in [0.05, 0.1) is 12.2 Å². The summed E-state index contributed by atoms with van der Waals surface area (Å²) in [5.74, 6) is -0.203. The van der Waals surface area contributed by atoms with E-state index in [9.17, 15) is 9.18 Å².